The lowest BCUT2D eigenvalue weighted by molar-refractivity contribution is 0.162. The first kappa shape index (κ1) is 16.0. The largest absolute Gasteiger partial charge is 0.393 e. The quantitative estimate of drug-likeness (QED) is 0.839. The van der Waals surface area contributed by atoms with E-state index >= 15 is 0 Å². The van der Waals surface area contributed by atoms with Gasteiger partial charge in [0.1, 0.15) is 16.5 Å². The fourth-order valence-corrected chi connectivity index (χ4v) is 2.67. The summed E-state index contributed by atoms with van der Waals surface area (Å²) >= 11 is 0. The van der Waals surface area contributed by atoms with Crippen molar-refractivity contribution in [1.29, 1.82) is 0 Å². The van der Waals surface area contributed by atoms with Crippen molar-refractivity contribution < 1.29 is 22.3 Å². The molecule has 1 rings (SSSR count). The van der Waals surface area contributed by atoms with Crippen LogP contribution in [0.3, 0.4) is 0 Å². The fourth-order valence-electron chi connectivity index (χ4n) is 1.48. The van der Waals surface area contributed by atoms with Crippen molar-refractivity contribution >= 4 is 10.0 Å². The average molecular weight is 293 g/mol. The SMILES string of the molecule is CCC(O)CCNS(=O)(=O)c1cc(C)c(F)cc1F. The standard InChI is InChI=1S/C12H17F2NO3S/c1-3-9(16)4-5-15-19(17,18)12-6-8(2)10(13)7-11(12)14/h6-7,9,15-16H,3-5H2,1-2H3. The van der Waals surface area contributed by atoms with Crippen LogP contribution in [0.15, 0.2) is 17.0 Å². The molecule has 0 aliphatic heterocycles. The molecular weight excluding hydrogens is 276 g/mol. The predicted molar refractivity (Wildman–Crippen MR) is 67.2 cm³/mol. The van der Waals surface area contributed by atoms with Gasteiger partial charge in [0.2, 0.25) is 10.0 Å². The van der Waals surface area contributed by atoms with Gasteiger partial charge in [-0.05, 0) is 31.4 Å². The molecule has 0 saturated heterocycles. The van der Waals surface area contributed by atoms with Crippen LogP contribution in [0, 0.1) is 18.6 Å². The fraction of sp³-hybridized carbons (Fsp3) is 0.500. The van der Waals surface area contributed by atoms with E-state index < -0.39 is 32.7 Å². The Kier molecular flexibility index (Phi) is 5.39. The lowest BCUT2D eigenvalue weighted by Crippen LogP contribution is -2.28. The third kappa shape index (κ3) is 4.22. The molecule has 0 amide bonds. The number of nitrogens with one attached hydrogen (secondary N) is 1. The summed E-state index contributed by atoms with van der Waals surface area (Å²) in [5, 5.41) is 9.30. The molecule has 1 atom stereocenters. The first-order valence-corrected chi connectivity index (χ1v) is 7.39. The number of aliphatic hydroxyl groups is 1. The van der Waals surface area contributed by atoms with E-state index in [0.717, 1.165) is 6.07 Å². The normalized spacial score (nSPS) is 13.5. The molecule has 1 aromatic carbocycles. The third-order valence-corrected chi connectivity index (χ3v) is 4.22. The van der Waals surface area contributed by atoms with E-state index in [1.807, 2.05) is 0 Å². The Hall–Kier alpha value is -1.05. The van der Waals surface area contributed by atoms with Crippen molar-refractivity contribution in [3.05, 3.63) is 29.3 Å². The van der Waals surface area contributed by atoms with E-state index in [2.05, 4.69) is 4.72 Å². The minimum atomic E-state index is -4.04. The summed E-state index contributed by atoms with van der Waals surface area (Å²) in [6.07, 6.45) is 0.131. The highest BCUT2D eigenvalue weighted by atomic mass is 32.2. The average Bonchev–Trinajstić information content (AvgIpc) is 2.33. The van der Waals surface area contributed by atoms with Gasteiger partial charge in [-0.3, -0.25) is 0 Å². The van der Waals surface area contributed by atoms with Crippen LogP contribution in [0.2, 0.25) is 0 Å². The van der Waals surface area contributed by atoms with E-state index in [1.165, 1.54) is 6.92 Å². The molecule has 108 valence electrons. The molecule has 7 heteroatoms. The van der Waals surface area contributed by atoms with Gasteiger partial charge in [0.15, 0.2) is 0 Å². The molecule has 1 unspecified atom stereocenters. The van der Waals surface area contributed by atoms with Crippen LogP contribution in [-0.2, 0) is 10.0 Å². The van der Waals surface area contributed by atoms with Gasteiger partial charge in [-0.25, -0.2) is 21.9 Å². The summed E-state index contributed by atoms with van der Waals surface area (Å²) < 4.78 is 52.4. The molecule has 0 aromatic heterocycles. The minimum Gasteiger partial charge on any atom is -0.393 e. The number of rotatable bonds is 6. The summed E-state index contributed by atoms with van der Waals surface area (Å²) in [6.45, 7) is 3.12. The van der Waals surface area contributed by atoms with Gasteiger partial charge >= 0.3 is 0 Å². The zero-order valence-corrected chi connectivity index (χ0v) is 11.6. The summed E-state index contributed by atoms with van der Waals surface area (Å²) in [4.78, 5) is -0.586. The molecule has 0 radical (unpaired) electrons. The molecule has 0 fully saturated rings. The van der Waals surface area contributed by atoms with Crippen molar-refractivity contribution in [2.75, 3.05) is 6.54 Å². The number of hydrogen-bond donors (Lipinski definition) is 2. The number of sulfonamides is 1. The summed E-state index contributed by atoms with van der Waals surface area (Å²) in [7, 11) is -4.04. The van der Waals surface area contributed by atoms with Crippen LogP contribution in [-0.4, -0.2) is 26.2 Å². The molecule has 4 nitrogen and oxygen atoms in total. The van der Waals surface area contributed by atoms with Crippen LogP contribution < -0.4 is 4.72 Å². The molecule has 0 aliphatic carbocycles. The zero-order valence-electron chi connectivity index (χ0n) is 10.8. The summed E-state index contributed by atoms with van der Waals surface area (Å²) in [6, 6.07) is 1.49. The molecule has 0 bridgehead atoms. The third-order valence-electron chi connectivity index (χ3n) is 2.74. The van der Waals surface area contributed by atoms with E-state index in [9.17, 15) is 22.3 Å². The second-order valence-corrected chi connectivity index (χ2v) is 6.02. The number of halogens is 2. The number of hydrogen-bond acceptors (Lipinski definition) is 3. The highest BCUT2D eigenvalue weighted by Gasteiger charge is 2.20. The van der Waals surface area contributed by atoms with Crippen LogP contribution in [0.25, 0.3) is 0 Å². The van der Waals surface area contributed by atoms with E-state index in [1.54, 1.807) is 6.92 Å². The molecule has 0 saturated carbocycles. The Morgan fingerprint density at radius 1 is 1.32 bits per heavy atom. The molecular formula is C12H17F2NO3S. The van der Waals surface area contributed by atoms with Crippen molar-refractivity contribution in [3.8, 4) is 0 Å². The maximum atomic E-state index is 13.5. The lowest BCUT2D eigenvalue weighted by atomic mass is 10.2. The maximum Gasteiger partial charge on any atom is 0.243 e. The second-order valence-electron chi connectivity index (χ2n) is 4.28. The van der Waals surface area contributed by atoms with Crippen molar-refractivity contribution in [1.82, 2.24) is 4.72 Å². The highest BCUT2D eigenvalue weighted by Crippen LogP contribution is 2.18. The van der Waals surface area contributed by atoms with Crippen molar-refractivity contribution in [2.24, 2.45) is 0 Å². The zero-order chi connectivity index (χ0) is 14.6. The van der Waals surface area contributed by atoms with Crippen molar-refractivity contribution in [2.45, 2.75) is 37.7 Å². The second kappa shape index (κ2) is 6.40. The van der Waals surface area contributed by atoms with Gasteiger partial charge in [0.05, 0.1) is 6.10 Å². The molecule has 0 spiro atoms. The van der Waals surface area contributed by atoms with Gasteiger partial charge in [0, 0.05) is 12.6 Å². The van der Waals surface area contributed by atoms with Gasteiger partial charge in [-0.15, -0.1) is 0 Å². The predicted octanol–water partition coefficient (Wildman–Crippen LogP) is 1.71. The Bertz CT molecular complexity index is 546. The monoisotopic (exact) mass is 293 g/mol. The van der Waals surface area contributed by atoms with Crippen LogP contribution in [0.1, 0.15) is 25.3 Å². The van der Waals surface area contributed by atoms with Gasteiger partial charge in [0.25, 0.3) is 0 Å². The van der Waals surface area contributed by atoms with E-state index in [-0.39, 0.29) is 18.5 Å². The smallest absolute Gasteiger partial charge is 0.243 e. The summed E-state index contributed by atoms with van der Waals surface area (Å²) in [5.74, 6) is -1.93. The van der Waals surface area contributed by atoms with Crippen molar-refractivity contribution in [3.63, 3.8) is 0 Å². The Balaban J connectivity index is 2.86. The van der Waals surface area contributed by atoms with E-state index in [0.29, 0.717) is 12.5 Å². The molecule has 1 aromatic rings. The van der Waals surface area contributed by atoms with Gasteiger partial charge in [-0.1, -0.05) is 6.92 Å². The molecule has 0 heterocycles. The van der Waals surface area contributed by atoms with Crippen LogP contribution in [0.5, 0.6) is 0 Å². The first-order chi connectivity index (χ1) is 8.77. The Labute approximate surface area is 111 Å². The molecule has 2 N–H and O–H groups in total. The highest BCUT2D eigenvalue weighted by molar-refractivity contribution is 7.89. The van der Waals surface area contributed by atoms with E-state index in [4.69, 9.17) is 0 Å². The van der Waals surface area contributed by atoms with Crippen LogP contribution >= 0.6 is 0 Å². The Morgan fingerprint density at radius 3 is 2.53 bits per heavy atom. The number of aryl methyl sites for hydroxylation is 1. The number of benzene rings is 1. The maximum absolute atomic E-state index is 13.5. The van der Waals surface area contributed by atoms with Crippen LogP contribution in [0.4, 0.5) is 8.78 Å². The summed E-state index contributed by atoms with van der Waals surface area (Å²) in [5.41, 5.74) is 0.0513. The Morgan fingerprint density at radius 2 is 1.95 bits per heavy atom. The topological polar surface area (TPSA) is 66.4 Å². The first-order valence-electron chi connectivity index (χ1n) is 5.91. The molecule has 19 heavy (non-hydrogen) atoms. The minimum absolute atomic E-state index is 0.00674. The number of aliphatic hydroxyl groups excluding tert-OH is 1. The van der Waals surface area contributed by atoms with Gasteiger partial charge < -0.3 is 5.11 Å². The molecule has 0 aliphatic rings. The van der Waals surface area contributed by atoms with Gasteiger partial charge in [-0.2, -0.15) is 0 Å². The lowest BCUT2D eigenvalue weighted by Gasteiger charge is -2.11.